The van der Waals surface area contributed by atoms with Gasteiger partial charge in [-0.3, -0.25) is 0 Å². The number of nitrogen functional groups attached to an aromatic ring is 1. The van der Waals surface area contributed by atoms with Crippen LogP contribution in [0, 0.1) is 6.92 Å². The summed E-state index contributed by atoms with van der Waals surface area (Å²) in [7, 11) is 0. The summed E-state index contributed by atoms with van der Waals surface area (Å²) in [6.45, 7) is 3.95. The third-order valence-corrected chi connectivity index (χ3v) is 1.82. The van der Waals surface area contributed by atoms with Crippen LogP contribution in [0.4, 0.5) is 5.69 Å². The minimum atomic E-state index is 0.0919. The molecule has 0 saturated carbocycles. The van der Waals surface area contributed by atoms with E-state index in [4.69, 9.17) is 11.5 Å². The summed E-state index contributed by atoms with van der Waals surface area (Å²) < 4.78 is 0. The van der Waals surface area contributed by atoms with Gasteiger partial charge in [0.15, 0.2) is 0 Å². The van der Waals surface area contributed by atoms with Crippen LogP contribution >= 0.6 is 0 Å². The molecule has 0 fully saturated rings. The Hall–Kier alpha value is -1.02. The van der Waals surface area contributed by atoms with Gasteiger partial charge in [0.2, 0.25) is 0 Å². The molecule has 2 heteroatoms. The Morgan fingerprint density at radius 1 is 1.36 bits per heavy atom. The molecule has 0 aliphatic rings. The molecule has 0 spiro atoms. The van der Waals surface area contributed by atoms with E-state index in [1.165, 1.54) is 0 Å². The minimum absolute atomic E-state index is 0.0919. The Morgan fingerprint density at radius 3 is 2.45 bits per heavy atom. The van der Waals surface area contributed by atoms with Gasteiger partial charge < -0.3 is 11.5 Å². The average Bonchev–Trinajstić information content (AvgIpc) is 1.94. The minimum Gasteiger partial charge on any atom is -0.399 e. The fraction of sp³-hybridized carbons (Fsp3) is 0.333. The summed E-state index contributed by atoms with van der Waals surface area (Å²) in [6, 6.07) is 5.98. The van der Waals surface area contributed by atoms with Gasteiger partial charge >= 0.3 is 0 Å². The second-order valence-corrected chi connectivity index (χ2v) is 2.90. The summed E-state index contributed by atoms with van der Waals surface area (Å²) in [5.74, 6) is 0. The smallest absolute Gasteiger partial charge is 0.0343 e. The Bertz CT molecular complexity index is 254. The first kappa shape index (κ1) is 8.08. The molecule has 0 amide bonds. The van der Waals surface area contributed by atoms with Crippen molar-refractivity contribution in [2.24, 2.45) is 5.73 Å². The van der Waals surface area contributed by atoms with Crippen LogP contribution in [-0.4, -0.2) is 0 Å². The lowest BCUT2D eigenvalue weighted by molar-refractivity contribution is 0.817. The molecule has 1 aromatic carbocycles. The molecule has 4 N–H and O–H groups in total. The lowest BCUT2D eigenvalue weighted by Crippen LogP contribution is -2.05. The quantitative estimate of drug-likeness (QED) is 0.597. The fourth-order valence-electron chi connectivity index (χ4n) is 0.982. The Morgan fingerprint density at radius 2 is 2.00 bits per heavy atom. The highest BCUT2D eigenvalue weighted by molar-refractivity contribution is 5.48. The van der Waals surface area contributed by atoms with Crippen LogP contribution in [0.15, 0.2) is 18.2 Å². The van der Waals surface area contributed by atoms with Gasteiger partial charge in [0.05, 0.1) is 0 Å². The largest absolute Gasteiger partial charge is 0.399 e. The SMILES string of the molecule is Cc1cc([C@H](C)N)ccc1N. The van der Waals surface area contributed by atoms with Crippen molar-refractivity contribution in [2.45, 2.75) is 19.9 Å². The van der Waals surface area contributed by atoms with E-state index >= 15 is 0 Å². The standard InChI is InChI=1S/C9H14N2/c1-6-5-8(7(2)10)3-4-9(6)11/h3-5,7H,10-11H2,1-2H3/t7-/m0/s1. The van der Waals surface area contributed by atoms with Crippen molar-refractivity contribution in [3.05, 3.63) is 29.3 Å². The van der Waals surface area contributed by atoms with Crippen molar-refractivity contribution in [1.82, 2.24) is 0 Å². The zero-order chi connectivity index (χ0) is 8.43. The number of rotatable bonds is 1. The summed E-state index contributed by atoms with van der Waals surface area (Å²) in [5.41, 5.74) is 14.4. The fourth-order valence-corrected chi connectivity index (χ4v) is 0.982. The summed E-state index contributed by atoms with van der Waals surface area (Å²) in [5, 5.41) is 0. The van der Waals surface area contributed by atoms with E-state index < -0.39 is 0 Å². The van der Waals surface area contributed by atoms with E-state index in [1.807, 2.05) is 32.0 Å². The van der Waals surface area contributed by atoms with E-state index in [2.05, 4.69) is 0 Å². The number of anilines is 1. The van der Waals surface area contributed by atoms with Crippen LogP contribution in [0.25, 0.3) is 0 Å². The number of aryl methyl sites for hydroxylation is 1. The summed E-state index contributed by atoms with van der Waals surface area (Å²) >= 11 is 0. The van der Waals surface area contributed by atoms with Gasteiger partial charge in [0.1, 0.15) is 0 Å². The lowest BCUT2D eigenvalue weighted by atomic mass is 10.1. The molecule has 0 aromatic heterocycles. The molecule has 0 aliphatic heterocycles. The second-order valence-electron chi connectivity index (χ2n) is 2.90. The third-order valence-electron chi connectivity index (χ3n) is 1.82. The first-order chi connectivity index (χ1) is 5.11. The maximum atomic E-state index is 5.69. The molecule has 0 unspecified atom stereocenters. The van der Waals surface area contributed by atoms with E-state index in [-0.39, 0.29) is 6.04 Å². The first-order valence-electron chi connectivity index (χ1n) is 3.73. The number of hydrogen-bond donors (Lipinski definition) is 2. The molecule has 60 valence electrons. The van der Waals surface area contributed by atoms with Gasteiger partial charge in [-0.05, 0) is 31.0 Å². The third kappa shape index (κ3) is 1.71. The van der Waals surface area contributed by atoms with Crippen LogP contribution in [-0.2, 0) is 0 Å². The van der Waals surface area contributed by atoms with Crippen LogP contribution in [0.1, 0.15) is 24.1 Å². The van der Waals surface area contributed by atoms with Crippen LogP contribution in [0.2, 0.25) is 0 Å². The molecular formula is C9H14N2. The zero-order valence-corrected chi connectivity index (χ0v) is 6.96. The van der Waals surface area contributed by atoms with Gasteiger partial charge in [-0.1, -0.05) is 12.1 Å². The molecule has 1 atom stereocenters. The van der Waals surface area contributed by atoms with Gasteiger partial charge in [0, 0.05) is 11.7 Å². The van der Waals surface area contributed by atoms with Crippen LogP contribution in [0.3, 0.4) is 0 Å². The topological polar surface area (TPSA) is 52.0 Å². The highest BCUT2D eigenvalue weighted by Gasteiger charge is 1.99. The molecule has 0 heterocycles. The van der Waals surface area contributed by atoms with E-state index in [0.29, 0.717) is 0 Å². The van der Waals surface area contributed by atoms with Gasteiger partial charge in [-0.2, -0.15) is 0 Å². The van der Waals surface area contributed by atoms with Crippen molar-refractivity contribution in [2.75, 3.05) is 5.73 Å². The van der Waals surface area contributed by atoms with Gasteiger partial charge in [-0.25, -0.2) is 0 Å². The number of nitrogens with two attached hydrogens (primary N) is 2. The molecule has 1 aromatic rings. The van der Waals surface area contributed by atoms with Gasteiger partial charge in [0.25, 0.3) is 0 Å². The first-order valence-corrected chi connectivity index (χ1v) is 3.73. The highest BCUT2D eigenvalue weighted by Crippen LogP contribution is 2.16. The van der Waals surface area contributed by atoms with Crippen molar-refractivity contribution in [3.8, 4) is 0 Å². The average molecular weight is 150 g/mol. The number of hydrogen-bond acceptors (Lipinski definition) is 2. The predicted molar refractivity (Wildman–Crippen MR) is 48.2 cm³/mol. The van der Waals surface area contributed by atoms with E-state index in [9.17, 15) is 0 Å². The van der Waals surface area contributed by atoms with Gasteiger partial charge in [-0.15, -0.1) is 0 Å². The van der Waals surface area contributed by atoms with E-state index in [0.717, 1.165) is 16.8 Å². The summed E-state index contributed by atoms with van der Waals surface area (Å²) in [4.78, 5) is 0. The molecule has 1 rings (SSSR count). The molecule has 2 nitrogen and oxygen atoms in total. The van der Waals surface area contributed by atoms with Crippen LogP contribution < -0.4 is 11.5 Å². The maximum absolute atomic E-state index is 5.69. The predicted octanol–water partition coefficient (Wildman–Crippen LogP) is 1.60. The molecule has 11 heavy (non-hydrogen) atoms. The molecule has 0 aliphatic carbocycles. The van der Waals surface area contributed by atoms with E-state index in [1.54, 1.807) is 0 Å². The summed E-state index contributed by atoms with van der Waals surface area (Å²) in [6.07, 6.45) is 0. The number of benzene rings is 1. The normalized spacial score (nSPS) is 13.0. The van der Waals surface area contributed by atoms with Crippen molar-refractivity contribution in [1.29, 1.82) is 0 Å². The van der Waals surface area contributed by atoms with Crippen molar-refractivity contribution in [3.63, 3.8) is 0 Å². The molecule has 0 bridgehead atoms. The maximum Gasteiger partial charge on any atom is 0.0343 e. The Labute approximate surface area is 67.2 Å². The Balaban J connectivity index is 3.05. The van der Waals surface area contributed by atoms with Crippen molar-refractivity contribution < 1.29 is 0 Å². The second kappa shape index (κ2) is 2.93. The molecule has 0 radical (unpaired) electrons. The highest BCUT2D eigenvalue weighted by atomic mass is 14.6. The van der Waals surface area contributed by atoms with Crippen LogP contribution in [0.5, 0.6) is 0 Å². The monoisotopic (exact) mass is 150 g/mol. The lowest BCUT2D eigenvalue weighted by Gasteiger charge is -2.07. The zero-order valence-electron chi connectivity index (χ0n) is 6.96. The molecule has 0 saturated heterocycles. The molecular weight excluding hydrogens is 136 g/mol. The Kier molecular flexibility index (Phi) is 2.15. The van der Waals surface area contributed by atoms with Crippen molar-refractivity contribution >= 4 is 5.69 Å².